The fourth-order valence-electron chi connectivity index (χ4n) is 1.60. The van der Waals surface area contributed by atoms with Gasteiger partial charge in [-0.3, -0.25) is 4.79 Å². The van der Waals surface area contributed by atoms with E-state index in [9.17, 15) is 9.18 Å². The Hall–Kier alpha value is -0.940. The summed E-state index contributed by atoms with van der Waals surface area (Å²) < 4.78 is 14.0. The average molecular weight is 375 g/mol. The van der Waals surface area contributed by atoms with Gasteiger partial charge in [0, 0.05) is 15.6 Å². The summed E-state index contributed by atoms with van der Waals surface area (Å²) in [6.07, 6.45) is 0.266. The maximum absolute atomic E-state index is 12.9. The van der Waals surface area contributed by atoms with Crippen LogP contribution in [0, 0.1) is 9.39 Å². The van der Waals surface area contributed by atoms with Gasteiger partial charge in [-0.05, 0) is 58.5 Å². The maximum Gasteiger partial charge on any atom is 0.168 e. The van der Waals surface area contributed by atoms with Crippen LogP contribution < -0.4 is 0 Å². The first-order valence-corrected chi connectivity index (χ1v) is 6.74. The van der Waals surface area contributed by atoms with Crippen LogP contribution in [0.25, 0.3) is 0 Å². The predicted octanol–water partition coefficient (Wildman–Crippen LogP) is 4.51. The highest BCUT2D eigenvalue weighted by Crippen LogP contribution is 2.19. The molecule has 0 unspecified atom stereocenters. The number of ketones is 1. The minimum absolute atomic E-state index is 0.110. The number of hydrogen-bond acceptors (Lipinski definition) is 1. The van der Waals surface area contributed by atoms with Gasteiger partial charge >= 0.3 is 0 Å². The van der Waals surface area contributed by atoms with Gasteiger partial charge in [0.25, 0.3) is 0 Å². The van der Waals surface area contributed by atoms with Crippen molar-refractivity contribution in [2.45, 2.75) is 6.42 Å². The topological polar surface area (TPSA) is 17.1 Å². The van der Waals surface area contributed by atoms with E-state index >= 15 is 0 Å². The van der Waals surface area contributed by atoms with Crippen LogP contribution in [0.5, 0.6) is 0 Å². The molecule has 0 bridgehead atoms. The summed E-state index contributed by atoms with van der Waals surface area (Å²) in [6, 6.07) is 11.5. The molecule has 0 N–H and O–H groups in total. The maximum atomic E-state index is 12.9. The Bertz CT molecular complexity index is 581. The van der Waals surface area contributed by atoms with Crippen LogP contribution in [0.15, 0.2) is 42.5 Å². The first-order chi connectivity index (χ1) is 8.56. The van der Waals surface area contributed by atoms with E-state index in [-0.39, 0.29) is 17.2 Å². The van der Waals surface area contributed by atoms with Crippen LogP contribution in [-0.4, -0.2) is 5.78 Å². The fourth-order valence-corrected chi connectivity index (χ4v) is 2.23. The first kappa shape index (κ1) is 13.5. The second-order valence-electron chi connectivity index (χ2n) is 3.85. The molecule has 0 aliphatic carbocycles. The number of benzene rings is 2. The molecule has 0 saturated heterocycles. The van der Waals surface area contributed by atoms with Crippen LogP contribution in [0.3, 0.4) is 0 Å². The minimum atomic E-state index is -0.439. The van der Waals surface area contributed by atoms with E-state index in [0.29, 0.717) is 5.56 Å². The lowest BCUT2D eigenvalue weighted by Crippen LogP contribution is -2.04. The second kappa shape index (κ2) is 5.80. The van der Waals surface area contributed by atoms with Gasteiger partial charge < -0.3 is 0 Å². The molecule has 0 aliphatic rings. The Morgan fingerprint density at radius 2 is 1.83 bits per heavy atom. The van der Waals surface area contributed by atoms with Crippen molar-refractivity contribution in [1.29, 1.82) is 0 Å². The summed E-state index contributed by atoms with van der Waals surface area (Å²) in [7, 11) is 0. The molecule has 4 heteroatoms. The van der Waals surface area contributed by atoms with E-state index in [1.165, 1.54) is 12.1 Å². The molecule has 0 aliphatic heterocycles. The monoisotopic (exact) mass is 374 g/mol. The SMILES string of the molecule is O=C(Cc1ccc(I)cc1)c1ccc(F)cc1Cl. The quantitative estimate of drug-likeness (QED) is 0.571. The van der Waals surface area contributed by atoms with Crippen LogP contribution >= 0.6 is 34.2 Å². The van der Waals surface area contributed by atoms with Crippen molar-refractivity contribution in [3.05, 3.63) is 68.0 Å². The average Bonchev–Trinajstić information content (AvgIpc) is 2.32. The summed E-state index contributed by atoms with van der Waals surface area (Å²) in [5, 5.41) is 0.158. The number of carbonyl (C=O) groups is 1. The van der Waals surface area contributed by atoms with E-state index in [0.717, 1.165) is 15.2 Å². The standard InChI is InChI=1S/C14H9ClFIO/c15-13-8-10(16)3-6-12(13)14(18)7-9-1-4-11(17)5-2-9/h1-6,8H,7H2. The molecule has 92 valence electrons. The van der Waals surface area contributed by atoms with Crippen molar-refractivity contribution in [3.63, 3.8) is 0 Å². The lowest BCUT2D eigenvalue weighted by atomic mass is 10.0. The summed E-state index contributed by atoms with van der Waals surface area (Å²) in [4.78, 5) is 12.0. The van der Waals surface area contributed by atoms with Crippen molar-refractivity contribution >= 4 is 40.0 Å². The minimum Gasteiger partial charge on any atom is -0.294 e. The van der Waals surface area contributed by atoms with Crippen molar-refractivity contribution in [2.24, 2.45) is 0 Å². The molecule has 0 radical (unpaired) electrons. The zero-order chi connectivity index (χ0) is 13.1. The Morgan fingerprint density at radius 1 is 1.17 bits per heavy atom. The van der Waals surface area contributed by atoms with Crippen LogP contribution in [-0.2, 0) is 6.42 Å². The fraction of sp³-hybridized carbons (Fsp3) is 0.0714. The van der Waals surface area contributed by atoms with Gasteiger partial charge in [-0.15, -0.1) is 0 Å². The third-order valence-electron chi connectivity index (χ3n) is 2.51. The molecule has 0 amide bonds. The molecule has 2 rings (SSSR count). The highest BCUT2D eigenvalue weighted by atomic mass is 127. The van der Waals surface area contributed by atoms with Crippen LogP contribution in [0.2, 0.25) is 5.02 Å². The lowest BCUT2D eigenvalue weighted by Gasteiger charge is -2.04. The van der Waals surface area contributed by atoms with Gasteiger partial charge in [0.2, 0.25) is 0 Å². The number of Topliss-reactive ketones (excluding diaryl/α,β-unsaturated/α-hetero) is 1. The van der Waals surface area contributed by atoms with Crippen LogP contribution in [0.4, 0.5) is 4.39 Å². The van der Waals surface area contributed by atoms with E-state index in [1.54, 1.807) is 0 Å². The molecule has 1 nitrogen and oxygen atoms in total. The van der Waals surface area contributed by atoms with Gasteiger partial charge in [-0.1, -0.05) is 23.7 Å². The molecule has 2 aromatic carbocycles. The summed E-state index contributed by atoms with van der Waals surface area (Å²) in [5.41, 5.74) is 1.28. The van der Waals surface area contributed by atoms with Gasteiger partial charge in [0.05, 0.1) is 5.02 Å². The number of rotatable bonds is 3. The molecule has 0 heterocycles. The Morgan fingerprint density at radius 3 is 2.44 bits per heavy atom. The molecule has 18 heavy (non-hydrogen) atoms. The van der Waals surface area contributed by atoms with E-state index in [1.807, 2.05) is 24.3 Å². The number of halogens is 3. The van der Waals surface area contributed by atoms with Crippen molar-refractivity contribution in [3.8, 4) is 0 Å². The van der Waals surface area contributed by atoms with Crippen LogP contribution in [0.1, 0.15) is 15.9 Å². The lowest BCUT2D eigenvalue weighted by molar-refractivity contribution is 0.0993. The number of hydrogen-bond donors (Lipinski definition) is 0. The second-order valence-corrected chi connectivity index (χ2v) is 5.50. The van der Waals surface area contributed by atoms with E-state index in [2.05, 4.69) is 22.6 Å². The zero-order valence-electron chi connectivity index (χ0n) is 9.29. The van der Waals surface area contributed by atoms with Crippen molar-refractivity contribution < 1.29 is 9.18 Å². The first-order valence-electron chi connectivity index (χ1n) is 5.29. The summed E-state index contributed by atoms with van der Waals surface area (Å²) in [5.74, 6) is -0.549. The third kappa shape index (κ3) is 3.29. The smallest absolute Gasteiger partial charge is 0.168 e. The van der Waals surface area contributed by atoms with Gasteiger partial charge in [-0.25, -0.2) is 4.39 Å². The molecule has 0 spiro atoms. The third-order valence-corrected chi connectivity index (χ3v) is 3.54. The predicted molar refractivity (Wildman–Crippen MR) is 78.6 cm³/mol. The highest BCUT2D eigenvalue weighted by molar-refractivity contribution is 14.1. The van der Waals surface area contributed by atoms with Gasteiger partial charge in [0.15, 0.2) is 5.78 Å². The van der Waals surface area contributed by atoms with Gasteiger partial charge in [0.1, 0.15) is 5.82 Å². The zero-order valence-corrected chi connectivity index (χ0v) is 12.2. The molecule has 2 aromatic rings. The van der Waals surface area contributed by atoms with E-state index < -0.39 is 5.82 Å². The largest absolute Gasteiger partial charge is 0.294 e. The molecule has 0 saturated carbocycles. The van der Waals surface area contributed by atoms with Crippen molar-refractivity contribution in [1.82, 2.24) is 0 Å². The van der Waals surface area contributed by atoms with E-state index in [4.69, 9.17) is 11.6 Å². The normalized spacial score (nSPS) is 10.4. The summed E-state index contributed by atoms with van der Waals surface area (Å²) in [6.45, 7) is 0. The Labute approximate surface area is 123 Å². The summed E-state index contributed by atoms with van der Waals surface area (Å²) >= 11 is 8.06. The highest BCUT2D eigenvalue weighted by Gasteiger charge is 2.11. The molecule has 0 atom stereocenters. The Kier molecular flexibility index (Phi) is 4.35. The molecular formula is C14H9ClFIO. The Balaban J connectivity index is 2.19. The van der Waals surface area contributed by atoms with Gasteiger partial charge in [-0.2, -0.15) is 0 Å². The van der Waals surface area contributed by atoms with Crippen molar-refractivity contribution in [2.75, 3.05) is 0 Å². The molecule has 0 fully saturated rings. The molecule has 0 aromatic heterocycles. The molecular weight excluding hydrogens is 366 g/mol. The number of carbonyl (C=O) groups excluding carboxylic acids is 1.